The number of aromatic hydroxyl groups is 1. The first-order valence-electron chi connectivity index (χ1n) is 13.9. The summed E-state index contributed by atoms with van der Waals surface area (Å²) in [6, 6.07) is 17.4. The van der Waals surface area contributed by atoms with E-state index < -0.39 is 13.7 Å². The molecule has 3 aromatic heterocycles. The predicted molar refractivity (Wildman–Crippen MR) is 163 cm³/mol. The Balaban J connectivity index is 1.42. The second-order valence-electron chi connectivity index (χ2n) is 12.0. The van der Waals surface area contributed by atoms with Crippen LogP contribution < -0.4 is 15.8 Å². The van der Waals surface area contributed by atoms with Crippen LogP contribution in [-0.4, -0.2) is 54.3 Å². The van der Waals surface area contributed by atoms with Gasteiger partial charge in [0.1, 0.15) is 5.60 Å². The van der Waals surface area contributed by atoms with Crippen LogP contribution in [0.5, 0.6) is 5.75 Å². The van der Waals surface area contributed by atoms with Gasteiger partial charge in [-0.1, -0.05) is 19.8 Å². The molecule has 0 aliphatic carbocycles. The van der Waals surface area contributed by atoms with Crippen LogP contribution in [0.2, 0.25) is 19.1 Å². The van der Waals surface area contributed by atoms with Gasteiger partial charge in [-0.3, -0.25) is 0 Å². The van der Waals surface area contributed by atoms with Crippen LogP contribution in [0.1, 0.15) is 58.1 Å². The number of carbonyl (C=O) groups is 1. The molecule has 2 aromatic carbocycles. The van der Waals surface area contributed by atoms with Crippen molar-refractivity contribution in [3.8, 4) is 5.75 Å². The third kappa shape index (κ3) is 7.68. The second-order valence-corrected chi connectivity index (χ2v) is 18.7. The molecule has 39 heavy (non-hydrogen) atoms. The van der Waals surface area contributed by atoms with Gasteiger partial charge in [0.15, 0.2) is 0 Å². The van der Waals surface area contributed by atoms with Gasteiger partial charge >= 0.3 is 184 Å². The Morgan fingerprint density at radius 2 is 1.87 bits per heavy atom. The van der Waals surface area contributed by atoms with Gasteiger partial charge in [-0.05, 0) is 20.8 Å². The molecule has 5 rings (SSSR count). The molecule has 3 heterocycles. The second kappa shape index (κ2) is 12.2. The molecule has 1 unspecified atom stereocenters. The summed E-state index contributed by atoms with van der Waals surface area (Å²) in [6.45, 7) is 12.4. The third-order valence-corrected chi connectivity index (χ3v) is 12.4. The predicted octanol–water partition coefficient (Wildman–Crippen LogP) is 6.06. The smallest absolute Gasteiger partial charge is 0.444 e. The number of nitrogens with zero attached hydrogens (tertiary/aromatic N) is 2. The molecule has 3 N–H and O–H groups in total. The molecule has 1 atom stereocenters. The van der Waals surface area contributed by atoms with Crippen LogP contribution in [0, 0.1) is 0 Å². The van der Waals surface area contributed by atoms with Gasteiger partial charge in [0.25, 0.3) is 0 Å². The zero-order valence-corrected chi connectivity index (χ0v) is 26.7. The molecule has 1 amide bonds. The van der Waals surface area contributed by atoms with Crippen molar-refractivity contribution in [1.82, 2.24) is 13.9 Å². The van der Waals surface area contributed by atoms with E-state index in [1.54, 1.807) is 0 Å². The van der Waals surface area contributed by atoms with Crippen LogP contribution in [0.3, 0.4) is 0 Å². The fourth-order valence-electron chi connectivity index (χ4n) is 4.94. The number of phenols is 1. The molecule has 0 aliphatic heterocycles. The molecule has 9 heteroatoms. The molecule has 0 aliphatic rings. The topological polar surface area (TPSA) is 87.9 Å². The van der Waals surface area contributed by atoms with Gasteiger partial charge in [-0.25, -0.2) is 4.79 Å². The number of carbonyl (C=O) groups excluding carboxylic acids is 1. The number of rotatable bonds is 12. The van der Waals surface area contributed by atoms with Crippen molar-refractivity contribution in [2.24, 2.45) is 0 Å². The van der Waals surface area contributed by atoms with Crippen LogP contribution in [-0.2, 0) is 17.6 Å². The first-order valence-corrected chi connectivity index (χ1v) is 18.7. The molecular weight excluding hydrogens is 571 g/mol. The van der Waals surface area contributed by atoms with E-state index in [1.807, 2.05) is 45.0 Å². The Kier molecular flexibility index (Phi) is 9.14. The number of unbranched alkanes of at least 4 members (excludes halogenated alkanes) is 1. The fourth-order valence-corrected chi connectivity index (χ4v) is 9.56. The van der Waals surface area contributed by atoms with Crippen molar-refractivity contribution in [1.29, 1.82) is 0 Å². The van der Waals surface area contributed by atoms with E-state index in [2.05, 4.69) is 63.5 Å². The molecule has 210 valence electrons. The number of nitrogens with one attached hydrogen (secondary N) is 2. The number of ether oxygens (including phenoxy) is 1. The van der Waals surface area contributed by atoms with Crippen molar-refractivity contribution in [2.45, 2.75) is 90.6 Å². The summed E-state index contributed by atoms with van der Waals surface area (Å²) in [5.74, 6) is 1.44. The van der Waals surface area contributed by atoms with Gasteiger partial charge < -0.3 is 4.74 Å². The summed E-state index contributed by atoms with van der Waals surface area (Å²) in [6.07, 6.45) is 4.29. The molecular formula is C30H42N4O3SeSi. The van der Waals surface area contributed by atoms with E-state index in [4.69, 9.17) is 4.74 Å². The summed E-state index contributed by atoms with van der Waals surface area (Å²) < 4.78 is 8.80. The molecule has 0 fully saturated rings. The summed E-state index contributed by atoms with van der Waals surface area (Å²) in [7, 11) is -1.95. The number of aromatic nitrogens is 2. The van der Waals surface area contributed by atoms with E-state index in [9.17, 15) is 9.90 Å². The molecule has 5 aromatic rings. The molecule has 0 spiro atoms. The minimum atomic E-state index is -1.95. The number of anilines is 2. The van der Waals surface area contributed by atoms with Crippen LogP contribution in [0.15, 0.2) is 48.5 Å². The first-order chi connectivity index (χ1) is 18.4. The van der Waals surface area contributed by atoms with Crippen LogP contribution in [0.4, 0.5) is 16.3 Å². The first kappa shape index (κ1) is 29.2. The number of alkyl carbamates (subject to hydrolysis) is 1. The van der Waals surface area contributed by atoms with Crippen molar-refractivity contribution in [3.63, 3.8) is 0 Å². The van der Waals surface area contributed by atoms with Gasteiger partial charge in [-0.15, -0.1) is 0 Å². The Hall–Kier alpha value is -2.74. The number of amides is 1. The van der Waals surface area contributed by atoms with E-state index >= 15 is 0 Å². The SMILES string of the molecule is CCCCC(C[Si](C)(C)c1ccc(CCc2c(Nc3ccccc3)n3nc2[se]3)c(O)c1)NC(=O)OC(C)(C)C. The van der Waals surface area contributed by atoms with Gasteiger partial charge in [0.2, 0.25) is 0 Å². The summed E-state index contributed by atoms with van der Waals surface area (Å²) in [5, 5.41) is 23.5. The summed E-state index contributed by atoms with van der Waals surface area (Å²) >= 11 is 0.260. The van der Waals surface area contributed by atoms with Gasteiger partial charge in [0, 0.05) is 0 Å². The third-order valence-electron chi connectivity index (χ3n) is 7.02. The van der Waals surface area contributed by atoms with Crippen molar-refractivity contribution in [2.75, 3.05) is 5.32 Å². The Morgan fingerprint density at radius 1 is 1.15 bits per heavy atom. The average molecular weight is 614 g/mol. The Labute approximate surface area is 239 Å². The quantitative estimate of drug-likeness (QED) is 0.169. The number of hydrogen-bond donors (Lipinski definition) is 3. The minimum Gasteiger partial charge on any atom is -0.444 e. The average Bonchev–Trinajstić information content (AvgIpc) is 3.33. The fraction of sp³-hybridized carbons (Fsp3) is 0.467. The molecule has 0 radical (unpaired) electrons. The van der Waals surface area contributed by atoms with Crippen molar-refractivity contribution < 1.29 is 14.6 Å². The number of para-hydroxylation sites is 1. The van der Waals surface area contributed by atoms with Gasteiger partial charge in [0.05, 0.1) is 0 Å². The van der Waals surface area contributed by atoms with E-state index in [0.717, 1.165) is 55.2 Å². The molecule has 0 saturated heterocycles. The summed E-state index contributed by atoms with van der Waals surface area (Å²) in [4.78, 5) is 12.5. The van der Waals surface area contributed by atoms with Crippen LogP contribution in [0.25, 0.3) is 4.39 Å². The van der Waals surface area contributed by atoms with Gasteiger partial charge in [-0.2, -0.15) is 0 Å². The maximum absolute atomic E-state index is 12.5. The minimum absolute atomic E-state index is 0.0530. The maximum atomic E-state index is 12.5. The van der Waals surface area contributed by atoms with E-state index in [1.165, 1.54) is 15.1 Å². The Morgan fingerprint density at radius 3 is 2.51 bits per heavy atom. The number of benzene rings is 2. The normalized spacial score (nSPS) is 13.1. The van der Waals surface area contributed by atoms with Crippen molar-refractivity contribution >= 4 is 50.0 Å². The summed E-state index contributed by atoms with van der Waals surface area (Å²) in [5.41, 5.74) is 2.74. The molecule has 0 saturated carbocycles. The number of fused-ring (bicyclic) bond motifs is 1. The standard InChI is InChI=1S/C30H42N4O3SeSi/c1-7-8-12-23(32-29(36)37-30(2,3)4)20-39(5,6)24-17-15-21(26(35)19-24)16-18-25-27(34-33-28(25)38-34)31-22-13-10-9-11-14-22/h9-11,13-15,17,19,23,31,35H,7-8,12,16,18,20H2,1-6H3,(H,32,36). The zero-order valence-electron chi connectivity index (χ0n) is 24.0. The van der Waals surface area contributed by atoms with Crippen LogP contribution >= 0.6 is 0 Å². The number of hydrogen-bond acceptors (Lipinski definition) is 5. The number of aryl methyl sites for hydroxylation is 2. The Bertz CT molecular complexity index is 1340. The zero-order chi connectivity index (χ0) is 28.2. The van der Waals surface area contributed by atoms with E-state index in [-0.39, 0.29) is 26.9 Å². The monoisotopic (exact) mass is 614 g/mol. The molecule has 7 nitrogen and oxygen atoms in total. The van der Waals surface area contributed by atoms with Crippen molar-refractivity contribution in [3.05, 3.63) is 59.7 Å². The van der Waals surface area contributed by atoms with E-state index in [0.29, 0.717) is 5.75 Å². The molecule has 2 bridgehead atoms. The number of phenolic OH excluding ortho intramolecular Hbond substituents is 1.